The molecule has 114 valence electrons. The number of hydrogen-bond donors (Lipinski definition) is 0. The van der Waals surface area contributed by atoms with Crippen molar-refractivity contribution in [2.45, 2.75) is 30.9 Å². The number of halogens is 2. The first-order valence-corrected chi connectivity index (χ1v) is 8.26. The second-order valence-corrected chi connectivity index (χ2v) is 6.26. The Bertz CT molecular complexity index is 618. The Morgan fingerprint density at radius 2 is 2.14 bits per heavy atom. The molecule has 5 nitrogen and oxygen atoms in total. The van der Waals surface area contributed by atoms with E-state index >= 15 is 0 Å². The Balaban J connectivity index is 1.93. The van der Waals surface area contributed by atoms with Crippen molar-refractivity contribution < 1.29 is 8.78 Å². The van der Waals surface area contributed by atoms with Crippen molar-refractivity contribution in [3.05, 3.63) is 18.0 Å². The predicted octanol–water partition coefficient (Wildman–Crippen LogP) is 2.78. The topological polar surface area (TPSA) is 46.3 Å². The fraction of sp³-hybridized carbons (Fsp3) is 0.615. The van der Waals surface area contributed by atoms with Crippen LogP contribution in [0.5, 0.6) is 0 Å². The summed E-state index contributed by atoms with van der Waals surface area (Å²) in [7, 11) is 0. The third-order valence-electron chi connectivity index (χ3n) is 3.75. The summed E-state index contributed by atoms with van der Waals surface area (Å²) in [6, 6.07) is 3.53. The number of hydrogen-bond acceptors (Lipinski definition) is 5. The van der Waals surface area contributed by atoms with E-state index in [9.17, 15) is 8.78 Å². The first-order valence-electron chi connectivity index (χ1n) is 6.97. The normalized spacial score (nSPS) is 20.2. The van der Waals surface area contributed by atoms with Crippen LogP contribution in [0.1, 0.15) is 31.5 Å². The van der Waals surface area contributed by atoms with E-state index < -0.39 is 12.2 Å². The molecule has 0 spiro atoms. The maximum atomic E-state index is 12.9. The molecule has 2 aromatic heterocycles. The molecule has 3 heterocycles. The maximum absolute atomic E-state index is 12.9. The zero-order valence-corrected chi connectivity index (χ0v) is 12.6. The Hall–Kier alpha value is -1.44. The van der Waals surface area contributed by atoms with Gasteiger partial charge in [-0.05, 0) is 31.2 Å². The van der Waals surface area contributed by atoms with Gasteiger partial charge in [0.15, 0.2) is 5.65 Å². The third kappa shape index (κ3) is 2.95. The zero-order chi connectivity index (χ0) is 14.8. The number of thioether (sulfide) groups is 1. The monoisotopic (exact) mass is 313 g/mol. The van der Waals surface area contributed by atoms with Crippen LogP contribution in [0.4, 0.5) is 14.6 Å². The van der Waals surface area contributed by atoms with E-state index in [0.717, 1.165) is 24.0 Å². The highest BCUT2D eigenvalue weighted by Crippen LogP contribution is 2.24. The minimum Gasteiger partial charge on any atom is -0.354 e. The number of rotatable bonds is 3. The minimum atomic E-state index is -2.68. The van der Waals surface area contributed by atoms with Gasteiger partial charge < -0.3 is 4.90 Å². The predicted molar refractivity (Wildman–Crippen MR) is 79.1 cm³/mol. The van der Waals surface area contributed by atoms with Gasteiger partial charge in [0, 0.05) is 18.3 Å². The number of aromatic nitrogens is 4. The van der Waals surface area contributed by atoms with Crippen LogP contribution in [0.3, 0.4) is 0 Å². The van der Waals surface area contributed by atoms with Gasteiger partial charge in [-0.1, -0.05) is 6.42 Å². The van der Waals surface area contributed by atoms with Crippen molar-refractivity contribution >= 4 is 23.2 Å². The summed E-state index contributed by atoms with van der Waals surface area (Å²) in [5, 5.41) is 12.1. The quantitative estimate of drug-likeness (QED) is 0.872. The lowest BCUT2D eigenvalue weighted by Crippen LogP contribution is -2.30. The van der Waals surface area contributed by atoms with Crippen LogP contribution in [0.25, 0.3) is 5.65 Å². The van der Waals surface area contributed by atoms with Crippen LogP contribution < -0.4 is 4.90 Å². The molecule has 0 saturated carbocycles. The van der Waals surface area contributed by atoms with Gasteiger partial charge in [-0.3, -0.25) is 0 Å². The lowest BCUT2D eigenvalue weighted by Gasteiger charge is -2.24. The molecule has 3 rings (SSSR count). The highest BCUT2D eigenvalue weighted by Gasteiger charge is 2.21. The first kappa shape index (κ1) is 14.5. The van der Waals surface area contributed by atoms with Gasteiger partial charge >= 0.3 is 0 Å². The van der Waals surface area contributed by atoms with Gasteiger partial charge in [0.2, 0.25) is 5.82 Å². The molecule has 0 aliphatic carbocycles. The number of fused-ring (bicyclic) bond motifs is 1. The highest BCUT2D eigenvalue weighted by atomic mass is 32.2. The van der Waals surface area contributed by atoms with Crippen LogP contribution in [0, 0.1) is 0 Å². The maximum Gasteiger partial charge on any atom is 0.299 e. The molecule has 1 unspecified atom stereocenters. The van der Waals surface area contributed by atoms with Crippen LogP contribution in [0.2, 0.25) is 0 Å². The van der Waals surface area contributed by atoms with Gasteiger partial charge in [-0.25, -0.2) is 8.78 Å². The van der Waals surface area contributed by atoms with Crippen LogP contribution in [-0.2, 0) is 0 Å². The van der Waals surface area contributed by atoms with Crippen molar-refractivity contribution in [2.75, 3.05) is 24.2 Å². The fourth-order valence-corrected chi connectivity index (χ4v) is 3.34. The van der Waals surface area contributed by atoms with Crippen LogP contribution in [0.15, 0.2) is 12.1 Å². The average Bonchev–Trinajstić information content (AvgIpc) is 2.76. The van der Waals surface area contributed by atoms with Crippen molar-refractivity contribution in [1.82, 2.24) is 19.8 Å². The largest absolute Gasteiger partial charge is 0.354 e. The molecule has 0 aromatic carbocycles. The highest BCUT2D eigenvalue weighted by molar-refractivity contribution is 7.99. The van der Waals surface area contributed by atoms with E-state index in [2.05, 4.69) is 26.5 Å². The summed E-state index contributed by atoms with van der Waals surface area (Å²) < 4.78 is 27.0. The van der Waals surface area contributed by atoms with E-state index in [-0.39, 0.29) is 0 Å². The third-order valence-corrected chi connectivity index (χ3v) is 4.80. The van der Waals surface area contributed by atoms with E-state index in [1.807, 2.05) is 17.8 Å². The molecule has 0 N–H and O–H groups in total. The van der Waals surface area contributed by atoms with Crippen molar-refractivity contribution in [3.8, 4) is 0 Å². The molecular formula is C13H17F2N5S. The van der Waals surface area contributed by atoms with Crippen molar-refractivity contribution in [2.24, 2.45) is 0 Å². The molecule has 1 atom stereocenters. The molecule has 1 fully saturated rings. The van der Waals surface area contributed by atoms with Crippen LogP contribution in [-0.4, -0.2) is 44.4 Å². The Labute approximate surface area is 125 Å². The summed E-state index contributed by atoms with van der Waals surface area (Å²) in [6.07, 6.45) is 2.92. The van der Waals surface area contributed by atoms with Crippen LogP contribution >= 0.6 is 11.8 Å². The van der Waals surface area contributed by atoms with Gasteiger partial charge in [0.25, 0.3) is 6.43 Å². The molecular weight excluding hydrogens is 296 g/mol. The Kier molecular flexibility index (Phi) is 4.23. The average molecular weight is 313 g/mol. The zero-order valence-electron chi connectivity index (χ0n) is 11.7. The number of anilines is 1. The molecule has 21 heavy (non-hydrogen) atoms. The second-order valence-electron chi connectivity index (χ2n) is 5.12. The SMILES string of the molecule is CSC1CCCCN(c2ccc3nnc(C(F)F)n3n2)C1. The number of alkyl halides is 2. The van der Waals surface area contributed by atoms with Crippen molar-refractivity contribution in [3.63, 3.8) is 0 Å². The van der Waals surface area contributed by atoms with Gasteiger partial charge in [0.1, 0.15) is 5.82 Å². The minimum absolute atomic E-state index is 0.352. The molecule has 1 aliphatic heterocycles. The van der Waals surface area contributed by atoms with Crippen molar-refractivity contribution in [1.29, 1.82) is 0 Å². The van der Waals surface area contributed by atoms with Gasteiger partial charge in [-0.15, -0.1) is 15.3 Å². The summed E-state index contributed by atoms with van der Waals surface area (Å²) in [5.41, 5.74) is 0.352. The number of nitrogens with zero attached hydrogens (tertiary/aromatic N) is 5. The standard InChI is InChI=1S/C13H17F2N5S/c1-21-9-4-2-3-7-19(8-9)11-6-5-10-16-17-13(12(14)15)20(10)18-11/h5-6,9,12H,2-4,7-8H2,1H3. The lowest BCUT2D eigenvalue weighted by atomic mass is 10.2. The van der Waals surface area contributed by atoms with Gasteiger partial charge in [-0.2, -0.15) is 16.3 Å². The summed E-state index contributed by atoms with van der Waals surface area (Å²) in [5.74, 6) is 0.313. The summed E-state index contributed by atoms with van der Waals surface area (Å²) in [6.45, 7) is 1.80. The molecule has 2 aromatic rings. The molecule has 8 heteroatoms. The van der Waals surface area contributed by atoms with Gasteiger partial charge in [0.05, 0.1) is 0 Å². The molecule has 1 saturated heterocycles. The summed E-state index contributed by atoms with van der Waals surface area (Å²) >= 11 is 1.85. The van der Waals surface area contributed by atoms with E-state index in [4.69, 9.17) is 0 Å². The molecule has 0 radical (unpaired) electrons. The molecule has 0 bridgehead atoms. The van der Waals surface area contributed by atoms with E-state index in [1.54, 1.807) is 6.07 Å². The Morgan fingerprint density at radius 3 is 2.90 bits per heavy atom. The second kappa shape index (κ2) is 6.13. The first-order chi connectivity index (χ1) is 10.2. The fourth-order valence-electron chi connectivity index (χ4n) is 2.60. The Morgan fingerprint density at radius 1 is 1.29 bits per heavy atom. The molecule has 0 amide bonds. The molecule has 1 aliphatic rings. The lowest BCUT2D eigenvalue weighted by molar-refractivity contribution is 0.137. The van der Waals surface area contributed by atoms with E-state index in [0.29, 0.717) is 16.7 Å². The van der Waals surface area contributed by atoms with E-state index in [1.165, 1.54) is 12.8 Å². The summed E-state index contributed by atoms with van der Waals surface area (Å²) in [4.78, 5) is 2.17. The smallest absolute Gasteiger partial charge is 0.299 e.